The third-order valence-electron chi connectivity index (χ3n) is 6.37. The Morgan fingerprint density at radius 1 is 1.11 bits per heavy atom. The molecule has 2 unspecified atom stereocenters. The Hall–Kier alpha value is -2.69. The molecule has 0 bridgehead atoms. The average Bonchev–Trinajstić information content (AvgIpc) is 3.21. The lowest BCUT2D eigenvalue weighted by Crippen LogP contribution is -2.52. The van der Waals surface area contributed by atoms with Gasteiger partial charge < -0.3 is 15.5 Å². The van der Waals surface area contributed by atoms with Gasteiger partial charge in [0.05, 0.1) is 11.4 Å². The SMILES string of the molecule is CCCN(CCC)C(=O)C(C)N1CCC(N(CC(N)=O)S(=O)(=O)c2ccc3cc(Cl)ccc3c2)C1=O. The minimum atomic E-state index is -4.26. The van der Waals surface area contributed by atoms with Crippen molar-refractivity contribution in [3.8, 4) is 0 Å². The summed E-state index contributed by atoms with van der Waals surface area (Å²) in [6.07, 6.45) is 1.73. The van der Waals surface area contributed by atoms with Crippen molar-refractivity contribution >= 4 is 50.1 Å². The van der Waals surface area contributed by atoms with Gasteiger partial charge in [-0.15, -0.1) is 0 Å². The predicted octanol–water partition coefficient (Wildman–Crippen LogP) is 2.61. The summed E-state index contributed by atoms with van der Waals surface area (Å²) in [6.45, 7) is 6.32. The summed E-state index contributed by atoms with van der Waals surface area (Å²) in [5.41, 5.74) is 5.39. The van der Waals surface area contributed by atoms with Gasteiger partial charge in [-0.3, -0.25) is 14.4 Å². The minimum Gasteiger partial charge on any atom is -0.369 e. The highest BCUT2D eigenvalue weighted by Gasteiger charge is 2.45. The maximum absolute atomic E-state index is 13.6. The standard InChI is InChI=1S/C25H33ClN4O5S/c1-4-11-28(12-5-2)24(32)17(3)29-13-10-22(25(29)33)30(16-23(27)31)36(34,35)21-9-7-18-14-20(26)8-6-19(18)15-21/h6-9,14-15,17,22H,4-5,10-13,16H2,1-3H3,(H2,27,31). The van der Waals surface area contributed by atoms with Gasteiger partial charge in [-0.05, 0) is 61.2 Å². The highest BCUT2D eigenvalue weighted by atomic mass is 35.5. The summed E-state index contributed by atoms with van der Waals surface area (Å²) in [4.78, 5) is 41.5. The van der Waals surface area contributed by atoms with Crippen LogP contribution in [-0.2, 0) is 24.4 Å². The van der Waals surface area contributed by atoms with Gasteiger partial charge in [0.25, 0.3) is 0 Å². The van der Waals surface area contributed by atoms with E-state index in [9.17, 15) is 22.8 Å². The molecule has 1 heterocycles. The number of carbonyl (C=O) groups is 3. The van der Waals surface area contributed by atoms with E-state index in [4.69, 9.17) is 17.3 Å². The van der Waals surface area contributed by atoms with Crippen LogP contribution in [0.15, 0.2) is 41.3 Å². The molecular weight excluding hydrogens is 504 g/mol. The Morgan fingerprint density at radius 2 is 1.72 bits per heavy atom. The van der Waals surface area contributed by atoms with Gasteiger partial charge >= 0.3 is 0 Å². The molecule has 11 heteroatoms. The number of carbonyl (C=O) groups excluding carboxylic acids is 3. The largest absolute Gasteiger partial charge is 0.369 e. The van der Waals surface area contributed by atoms with Crippen LogP contribution in [0.2, 0.25) is 5.02 Å². The van der Waals surface area contributed by atoms with E-state index in [0.29, 0.717) is 23.5 Å². The van der Waals surface area contributed by atoms with E-state index in [2.05, 4.69) is 0 Å². The number of primary amides is 1. The van der Waals surface area contributed by atoms with Crippen LogP contribution in [0.5, 0.6) is 0 Å². The number of halogens is 1. The smallest absolute Gasteiger partial charge is 0.245 e. The summed E-state index contributed by atoms with van der Waals surface area (Å²) in [5, 5.41) is 1.91. The molecule has 0 aliphatic carbocycles. The second kappa shape index (κ2) is 11.6. The topological polar surface area (TPSA) is 121 Å². The highest BCUT2D eigenvalue weighted by molar-refractivity contribution is 7.89. The van der Waals surface area contributed by atoms with Gasteiger partial charge in [0, 0.05) is 24.7 Å². The van der Waals surface area contributed by atoms with Crippen LogP contribution < -0.4 is 5.73 Å². The lowest BCUT2D eigenvalue weighted by Gasteiger charge is -2.31. The van der Waals surface area contributed by atoms with Crippen LogP contribution in [0, 0.1) is 0 Å². The molecule has 1 fully saturated rings. The number of hydrogen-bond acceptors (Lipinski definition) is 5. The van der Waals surface area contributed by atoms with Crippen molar-refractivity contribution in [3.63, 3.8) is 0 Å². The van der Waals surface area contributed by atoms with Crippen molar-refractivity contribution in [3.05, 3.63) is 41.4 Å². The summed E-state index contributed by atoms with van der Waals surface area (Å²) in [6, 6.07) is 7.70. The molecule has 0 aromatic heterocycles. The third-order valence-corrected chi connectivity index (χ3v) is 8.46. The Balaban J connectivity index is 1.91. The first-order valence-corrected chi connectivity index (χ1v) is 13.9. The second-order valence-corrected chi connectivity index (χ2v) is 11.3. The lowest BCUT2D eigenvalue weighted by atomic mass is 10.1. The fraction of sp³-hybridized carbons (Fsp3) is 0.480. The van der Waals surface area contributed by atoms with Crippen LogP contribution in [-0.4, -0.2) is 78.5 Å². The first kappa shape index (κ1) is 27.9. The first-order chi connectivity index (χ1) is 17.0. The fourth-order valence-corrected chi connectivity index (χ4v) is 6.41. The van der Waals surface area contributed by atoms with E-state index >= 15 is 0 Å². The normalized spacial score (nSPS) is 17.1. The summed E-state index contributed by atoms with van der Waals surface area (Å²) >= 11 is 6.03. The Bertz CT molecular complexity index is 1250. The monoisotopic (exact) mass is 536 g/mol. The van der Waals surface area contributed by atoms with Crippen molar-refractivity contribution < 1.29 is 22.8 Å². The van der Waals surface area contributed by atoms with Gasteiger partial charge in [0.2, 0.25) is 27.7 Å². The van der Waals surface area contributed by atoms with Crippen molar-refractivity contribution in [2.45, 2.75) is 57.0 Å². The van der Waals surface area contributed by atoms with E-state index in [1.165, 1.54) is 17.0 Å². The molecule has 3 rings (SSSR count). The molecule has 0 spiro atoms. The number of sulfonamides is 1. The summed E-state index contributed by atoms with van der Waals surface area (Å²) < 4.78 is 28.2. The van der Waals surface area contributed by atoms with Crippen molar-refractivity contribution in [2.75, 3.05) is 26.2 Å². The molecule has 9 nitrogen and oxygen atoms in total. The molecule has 196 valence electrons. The third kappa shape index (κ3) is 5.82. The molecule has 3 amide bonds. The molecule has 1 saturated heterocycles. The molecule has 2 aromatic carbocycles. The van der Waals surface area contributed by atoms with E-state index in [-0.39, 0.29) is 23.8 Å². The Labute approximate surface area is 217 Å². The quantitative estimate of drug-likeness (QED) is 0.473. The Morgan fingerprint density at radius 3 is 2.33 bits per heavy atom. The summed E-state index contributed by atoms with van der Waals surface area (Å²) in [5.74, 6) is -1.56. The molecular formula is C25H33ClN4O5S. The zero-order valence-electron chi connectivity index (χ0n) is 20.8. The number of fused-ring (bicyclic) bond motifs is 1. The second-order valence-electron chi connectivity index (χ2n) is 9.01. The van der Waals surface area contributed by atoms with Crippen LogP contribution in [0.1, 0.15) is 40.0 Å². The van der Waals surface area contributed by atoms with Crippen molar-refractivity contribution in [1.82, 2.24) is 14.1 Å². The maximum atomic E-state index is 13.6. The molecule has 2 aromatic rings. The van der Waals surface area contributed by atoms with E-state index in [1.54, 1.807) is 36.1 Å². The van der Waals surface area contributed by atoms with E-state index in [0.717, 1.165) is 22.5 Å². The van der Waals surface area contributed by atoms with Gasteiger partial charge in [-0.2, -0.15) is 4.31 Å². The zero-order chi connectivity index (χ0) is 26.6. The van der Waals surface area contributed by atoms with Crippen LogP contribution >= 0.6 is 11.6 Å². The van der Waals surface area contributed by atoms with Crippen LogP contribution in [0.25, 0.3) is 10.8 Å². The number of likely N-dealkylation sites (tertiary alicyclic amines) is 1. The number of nitrogens with two attached hydrogens (primary N) is 1. The van der Waals surface area contributed by atoms with Gasteiger partial charge in [-0.1, -0.05) is 37.6 Å². The molecule has 36 heavy (non-hydrogen) atoms. The first-order valence-electron chi connectivity index (χ1n) is 12.1. The van der Waals surface area contributed by atoms with Gasteiger partial charge in [0.1, 0.15) is 12.1 Å². The number of amides is 3. The number of benzene rings is 2. The maximum Gasteiger partial charge on any atom is 0.245 e. The van der Waals surface area contributed by atoms with E-state index < -0.39 is 40.5 Å². The van der Waals surface area contributed by atoms with Crippen molar-refractivity contribution in [1.29, 1.82) is 0 Å². The van der Waals surface area contributed by atoms with Gasteiger partial charge in [0.15, 0.2) is 0 Å². The predicted molar refractivity (Wildman–Crippen MR) is 139 cm³/mol. The molecule has 2 N–H and O–H groups in total. The van der Waals surface area contributed by atoms with Crippen molar-refractivity contribution in [2.24, 2.45) is 5.73 Å². The molecule has 0 radical (unpaired) electrons. The molecule has 0 saturated carbocycles. The highest BCUT2D eigenvalue weighted by Crippen LogP contribution is 2.29. The van der Waals surface area contributed by atoms with Crippen LogP contribution in [0.3, 0.4) is 0 Å². The number of nitrogens with zero attached hydrogens (tertiary/aromatic N) is 3. The van der Waals surface area contributed by atoms with Crippen LogP contribution in [0.4, 0.5) is 0 Å². The fourth-order valence-electron chi connectivity index (χ4n) is 4.61. The molecule has 1 aliphatic heterocycles. The average molecular weight is 537 g/mol. The lowest BCUT2D eigenvalue weighted by molar-refractivity contribution is -0.144. The number of rotatable bonds is 11. The summed E-state index contributed by atoms with van der Waals surface area (Å²) in [7, 11) is -4.26. The molecule has 2 atom stereocenters. The zero-order valence-corrected chi connectivity index (χ0v) is 22.4. The Kier molecular flexibility index (Phi) is 8.97. The molecule has 1 aliphatic rings. The minimum absolute atomic E-state index is 0.0639. The van der Waals surface area contributed by atoms with Gasteiger partial charge in [-0.25, -0.2) is 8.42 Å². The number of hydrogen-bond donors (Lipinski definition) is 1. The van der Waals surface area contributed by atoms with E-state index in [1.807, 2.05) is 13.8 Å².